The van der Waals surface area contributed by atoms with Crippen molar-refractivity contribution in [3.63, 3.8) is 0 Å². The van der Waals surface area contributed by atoms with Crippen LogP contribution in [0, 0.1) is 0 Å². The molecule has 0 bridgehead atoms. The largest absolute Gasteiger partial charge is 0.495 e. The predicted molar refractivity (Wildman–Crippen MR) is 114 cm³/mol. The minimum Gasteiger partial charge on any atom is -0.495 e. The lowest BCUT2D eigenvalue weighted by Gasteiger charge is -2.24. The number of benzene rings is 2. The SMILES string of the molecule is COc1ccc(NC(=O)C2CCCN2S(=O)(=O)c2ccc3c(c2)NC(=O)CO3)cc1Cl. The Kier molecular flexibility index (Phi) is 5.78. The van der Waals surface area contributed by atoms with Crippen LogP contribution in [0.15, 0.2) is 41.3 Å². The fourth-order valence-electron chi connectivity index (χ4n) is 3.62. The highest BCUT2D eigenvalue weighted by atomic mass is 35.5. The van der Waals surface area contributed by atoms with Gasteiger partial charge >= 0.3 is 0 Å². The number of halogens is 1. The summed E-state index contributed by atoms with van der Waals surface area (Å²) in [5.74, 6) is 0.0504. The van der Waals surface area contributed by atoms with Crippen LogP contribution in [-0.4, -0.2) is 50.8 Å². The van der Waals surface area contributed by atoms with Crippen molar-refractivity contribution in [3.8, 4) is 11.5 Å². The van der Waals surface area contributed by atoms with E-state index in [1.54, 1.807) is 12.1 Å². The molecule has 1 atom stereocenters. The second-order valence-corrected chi connectivity index (χ2v) is 9.40. The summed E-state index contributed by atoms with van der Waals surface area (Å²) in [7, 11) is -2.49. The third kappa shape index (κ3) is 4.18. The van der Waals surface area contributed by atoms with E-state index in [1.807, 2.05) is 0 Å². The zero-order chi connectivity index (χ0) is 22.2. The molecule has 31 heavy (non-hydrogen) atoms. The molecule has 2 aromatic rings. The fraction of sp³-hybridized carbons (Fsp3) is 0.300. The van der Waals surface area contributed by atoms with Gasteiger partial charge in [-0.1, -0.05) is 11.6 Å². The predicted octanol–water partition coefficient (Wildman–Crippen LogP) is 2.47. The van der Waals surface area contributed by atoms with Crippen LogP contribution in [0.3, 0.4) is 0 Å². The molecule has 11 heteroatoms. The summed E-state index contributed by atoms with van der Waals surface area (Å²) in [6, 6.07) is 8.16. The highest BCUT2D eigenvalue weighted by molar-refractivity contribution is 7.89. The molecule has 9 nitrogen and oxygen atoms in total. The number of carbonyl (C=O) groups excluding carboxylic acids is 2. The topological polar surface area (TPSA) is 114 Å². The van der Waals surface area contributed by atoms with Gasteiger partial charge in [-0.05, 0) is 49.2 Å². The van der Waals surface area contributed by atoms with E-state index in [9.17, 15) is 18.0 Å². The van der Waals surface area contributed by atoms with E-state index in [0.29, 0.717) is 35.1 Å². The normalized spacial score (nSPS) is 18.6. The number of fused-ring (bicyclic) bond motifs is 1. The second-order valence-electron chi connectivity index (χ2n) is 7.11. The Hall–Kier alpha value is -2.82. The van der Waals surface area contributed by atoms with E-state index in [2.05, 4.69) is 10.6 Å². The highest BCUT2D eigenvalue weighted by Gasteiger charge is 2.40. The molecule has 2 heterocycles. The summed E-state index contributed by atoms with van der Waals surface area (Å²) in [5.41, 5.74) is 0.721. The molecule has 2 N–H and O–H groups in total. The van der Waals surface area contributed by atoms with E-state index in [1.165, 1.54) is 35.7 Å². The Morgan fingerprint density at radius 1 is 1.29 bits per heavy atom. The molecule has 0 aliphatic carbocycles. The minimum absolute atomic E-state index is 0.0239. The molecule has 1 saturated heterocycles. The van der Waals surface area contributed by atoms with Crippen LogP contribution >= 0.6 is 11.6 Å². The Bertz CT molecular complexity index is 1150. The fourth-order valence-corrected chi connectivity index (χ4v) is 5.56. The van der Waals surface area contributed by atoms with Gasteiger partial charge in [0, 0.05) is 12.2 Å². The third-order valence-electron chi connectivity index (χ3n) is 5.12. The summed E-state index contributed by atoms with van der Waals surface area (Å²) in [6.07, 6.45) is 0.936. The van der Waals surface area contributed by atoms with Gasteiger partial charge in [-0.3, -0.25) is 9.59 Å². The standard InChI is InChI=1S/C20H20ClN3O6S/c1-29-17-6-4-12(9-14(17)21)22-20(26)16-3-2-8-24(16)31(27,28)13-5-7-18-15(10-13)23-19(25)11-30-18/h4-7,9-10,16H,2-3,8,11H2,1H3,(H,22,26)(H,23,25). The molecular formula is C20H20ClN3O6S. The van der Waals surface area contributed by atoms with Crippen LogP contribution in [0.1, 0.15) is 12.8 Å². The number of methoxy groups -OCH3 is 1. The van der Waals surface area contributed by atoms with E-state index in [4.69, 9.17) is 21.1 Å². The molecular weight excluding hydrogens is 446 g/mol. The molecule has 0 radical (unpaired) electrons. The lowest BCUT2D eigenvalue weighted by molar-refractivity contribution is -0.119. The van der Waals surface area contributed by atoms with Crippen LogP contribution in [0.2, 0.25) is 5.02 Å². The van der Waals surface area contributed by atoms with E-state index < -0.39 is 22.0 Å². The second kappa shape index (κ2) is 8.37. The van der Waals surface area contributed by atoms with Crippen molar-refractivity contribution < 1.29 is 27.5 Å². The number of nitrogens with one attached hydrogen (secondary N) is 2. The third-order valence-corrected chi connectivity index (χ3v) is 7.32. The molecule has 2 aliphatic heterocycles. The van der Waals surface area contributed by atoms with Gasteiger partial charge in [0.25, 0.3) is 5.91 Å². The molecule has 1 fully saturated rings. The number of amides is 2. The zero-order valence-electron chi connectivity index (χ0n) is 16.6. The maximum atomic E-state index is 13.3. The monoisotopic (exact) mass is 465 g/mol. The maximum absolute atomic E-state index is 13.3. The van der Waals surface area contributed by atoms with Gasteiger partial charge in [-0.2, -0.15) is 4.31 Å². The van der Waals surface area contributed by atoms with E-state index in [0.717, 1.165) is 0 Å². The van der Waals surface area contributed by atoms with Crippen LogP contribution in [-0.2, 0) is 19.6 Å². The number of hydrogen-bond acceptors (Lipinski definition) is 6. The number of anilines is 2. The Balaban J connectivity index is 1.56. The van der Waals surface area contributed by atoms with Gasteiger partial charge in [0.1, 0.15) is 17.5 Å². The summed E-state index contributed by atoms with van der Waals surface area (Å²) < 4.78 is 38.1. The first-order valence-corrected chi connectivity index (χ1v) is 11.3. The highest BCUT2D eigenvalue weighted by Crippen LogP contribution is 2.34. The van der Waals surface area contributed by atoms with Crippen molar-refractivity contribution >= 4 is 44.8 Å². The van der Waals surface area contributed by atoms with Crippen molar-refractivity contribution in [2.45, 2.75) is 23.8 Å². The number of ether oxygens (including phenoxy) is 2. The van der Waals surface area contributed by atoms with Crippen molar-refractivity contribution in [3.05, 3.63) is 41.4 Å². The van der Waals surface area contributed by atoms with Crippen LogP contribution in [0.25, 0.3) is 0 Å². The molecule has 0 aromatic heterocycles. The summed E-state index contributed by atoms with van der Waals surface area (Å²) in [4.78, 5) is 24.4. The summed E-state index contributed by atoms with van der Waals surface area (Å²) in [6.45, 7) is 0.0899. The Labute approximate surface area is 184 Å². The van der Waals surface area contributed by atoms with Crippen molar-refractivity contribution in [2.24, 2.45) is 0 Å². The molecule has 2 amide bonds. The first-order valence-electron chi connectivity index (χ1n) is 9.52. The number of hydrogen-bond donors (Lipinski definition) is 2. The van der Waals surface area contributed by atoms with Gasteiger partial charge < -0.3 is 20.1 Å². The van der Waals surface area contributed by atoms with Crippen molar-refractivity contribution in [1.29, 1.82) is 0 Å². The molecule has 2 aromatic carbocycles. The van der Waals surface area contributed by atoms with Gasteiger partial charge in [0.05, 0.1) is 22.7 Å². The number of nitrogens with zero attached hydrogens (tertiary/aromatic N) is 1. The smallest absolute Gasteiger partial charge is 0.262 e. The summed E-state index contributed by atoms with van der Waals surface area (Å²) in [5, 5.41) is 5.65. The molecule has 0 saturated carbocycles. The molecule has 0 spiro atoms. The summed E-state index contributed by atoms with van der Waals surface area (Å²) >= 11 is 6.10. The van der Waals surface area contributed by atoms with Crippen LogP contribution < -0.4 is 20.1 Å². The zero-order valence-corrected chi connectivity index (χ0v) is 18.1. The average molecular weight is 466 g/mol. The molecule has 2 aliphatic rings. The first kappa shape index (κ1) is 21.4. The van der Waals surface area contributed by atoms with Gasteiger partial charge in [-0.25, -0.2) is 8.42 Å². The lowest BCUT2D eigenvalue weighted by atomic mass is 10.2. The van der Waals surface area contributed by atoms with Crippen molar-refractivity contribution in [1.82, 2.24) is 4.31 Å². The van der Waals surface area contributed by atoms with Crippen molar-refractivity contribution in [2.75, 3.05) is 30.9 Å². The molecule has 4 rings (SSSR count). The van der Waals surface area contributed by atoms with Crippen LogP contribution in [0.5, 0.6) is 11.5 Å². The van der Waals surface area contributed by atoms with Gasteiger partial charge in [-0.15, -0.1) is 0 Å². The maximum Gasteiger partial charge on any atom is 0.262 e. The van der Waals surface area contributed by atoms with Gasteiger partial charge in [0.2, 0.25) is 15.9 Å². The minimum atomic E-state index is -3.98. The van der Waals surface area contributed by atoms with Crippen LogP contribution in [0.4, 0.5) is 11.4 Å². The molecule has 1 unspecified atom stereocenters. The van der Waals surface area contributed by atoms with E-state index in [-0.39, 0.29) is 29.6 Å². The Morgan fingerprint density at radius 2 is 2.10 bits per heavy atom. The number of sulfonamides is 1. The average Bonchev–Trinajstić information content (AvgIpc) is 3.24. The van der Waals surface area contributed by atoms with Gasteiger partial charge in [0.15, 0.2) is 6.61 Å². The number of rotatable bonds is 5. The Morgan fingerprint density at radius 3 is 2.84 bits per heavy atom. The quantitative estimate of drug-likeness (QED) is 0.701. The van der Waals surface area contributed by atoms with E-state index >= 15 is 0 Å². The first-order chi connectivity index (χ1) is 14.8. The lowest BCUT2D eigenvalue weighted by Crippen LogP contribution is -2.43. The number of carbonyl (C=O) groups is 2. The molecule has 164 valence electrons.